The molecule has 0 radical (unpaired) electrons. The molecule has 0 saturated heterocycles. The number of nitrogens with zero attached hydrogens (tertiary/aromatic N) is 1. The van der Waals surface area contributed by atoms with Crippen molar-refractivity contribution in [2.24, 2.45) is 17.3 Å². The number of nitrogens with one attached hydrogen (secondary N) is 2. The molecule has 1 aromatic carbocycles. The number of aliphatic hydroxyl groups excluding tert-OH is 1. The highest BCUT2D eigenvalue weighted by Crippen LogP contribution is 2.36. The highest BCUT2D eigenvalue weighted by atomic mass is 16.6. The summed E-state index contributed by atoms with van der Waals surface area (Å²) in [6.07, 6.45) is 6.68. The summed E-state index contributed by atoms with van der Waals surface area (Å²) in [6, 6.07) is 7.49. The van der Waals surface area contributed by atoms with Gasteiger partial charge in [0.2, 0.25) is 11.8 Å². The monoisotopic (exact) mass is 601 g/mol. The number of para-hydroxylation sites is 1. The normalized spacial score (nSPS) is 17.4. The Labute approximate surface area is 260 Å². The second-order valence-corrected chi connectivity index (χ2v) is 14.3. The van der Waals surface area contributed by atoms with E-state index in [1.54, 1.807) is 27.7 Å². The number of benzene rings is 1. The number of ether oxygens (including phenoxy) is 1. The predicted molar refractivity (Wildman–Crippen MR) is 174 cm³/mol. The molecule has 2 rings (SSSR count). The van der Waals surface area contributed by atoms with Crippen LogP contribution in [0.1, 0.15) is 119 Å². The van der Waals surface area contributed by atoms with Crippen LogP contribution in [0.5, 0.6) is 0 Å². The molecule has 1 unspecified atom stereocenters. The fourth-order valence-electron chi connectivity index (χ4n) is 5.90. The topological polar surface area (TPSA) is 108 Å². The van der Waals surface area contributed by atoms with E-state index in [4.69, 9.17) is 4.74 Å². The number of carbonyl (C=O) groups excluding carboxylic acids is 3. The van der Waals surface area contributed by atoms with E-state index in [2.05, 4.69) is 30.5 Å². The van der Waals surface area contributed by atoms with Crippen molar-refractivity contribution in [1.82, 2.24) is 10.6 Å². The Hall–Kier alpha value is -2.61. The highest BCUT2D eigenvalue weighted by Gasteiger charge is 2.36. The van der Waals surface area contributed by atoms with Crippen molar-refractivity contribution in [3.05, 3.63) is 29.8 Å². The third-order valence-corrected chi connectivity index (χ3v) is 8.19. The molecule has 3 amide bonds. The molecule has 0 aliphatic carbocycles. The van der Waals surface area contributed by atoms with Crippen LogP contribution in [0.2, 0.25) is 0 Å². The van der Waals surface area contributed by atoms with Gasteiger partial charge < -0.3 is 25.4 Å². The van der Waals surface area contributed by atoms with Crippen molar-refractivity contribution >= 4 is 23.6 Å². The molecule has 1 heterocycles. The standard InChI is InChI=1S/C35H59N3O5/c1-9-11-13-16-26-21-27-17-14-15-18-29(27)38(24-26)31(40)23-35(7,8)22-28(37-33(42)43-34(4,5)6)30(39)20-25(3)32(41)36-19-12-10-2/h14-15,17-18,25-26,28,30,39H,9-13,16,19-24H2,1-8H3,(H,36,41)(H,37,42)/t25-,26?,28+,30+/m1/s1. The highest BCUT2D eigenvalue weighted by molar-refractivity contribution is 5.95. The van der Waals surface area contributed by atoms with Crippen LogP contribution < -0.4 is 15.5 Å². The predicted octanol–water partition coefficient (Wildman–Crippen LogP) is 6.78. The summed E-state index contributed by atoms with van der Waals surface area (Å²) >= 11 is 0. The molecule has 1 aromatic rings. The number of anilines is 1. The summed E-state index contributed by atoms with van der Waals surface area (Å²) in [5.74, 6) is -0.0714. The van der Waals surface area contributed by atoms with Crippen molar-refractivity contribution < 1.29 is 24.2 Å². The molecule has 43 heavy (non-hydrogen) atoms. The molecule has 0 aromatic heterocycles. The molecule has 3 N–H and O–H groups in total. The molecule has 1 aliphatic heterocycles. The van der Waals surface area contributed by atoms with Gasteiger partial charge in [-0.25, -0.2) is 4.79 Å². The van der Waals surface area contributed by atoms with Gasteiger partial charge >= 0.3 is 6.09 Å². The van der Waals surface area contributed by atoms with Gasteiger partial charge in [-0.3, -0.25) is 9.59 Å². The second-order valence-electron chi connectivity index (χ2n) is 14.3. The first kappa shape index (κ1) is 36.6. The first-order chi connectivity index (χ1) is 20.2. The molecule has 1 aliphatic rings. The molecule has 8 nitrogen and oxygen atoms in total. The van der Waals surface area contributed by atoms with Crippen LogP contribution in [-0.4, -0.2) is 53.9 Å². The van der Waals surface area contributed by atoms with Gasteiger partial charge in [0.05, 0.1) is 12.1 Å². The van der Waals surface area contributed by atoms with Gasteiger partial charge in [-0.1, -0.05) is 78.5 Å². The molecule has 0 fully saturated rings. The Morgan fingerprint density at radius 2 is 1.72 bits per heavy atom. The smallest absolute Gasteiger partial charge is 0.407 e. The number of alkyl carbamates (subject to hydrolysis) is 1. The van der Waals surface area contributed by atoms with E-state index in [-0.39, 0.29) is 24.7 Å². The number of hydrogen-bond donors (Lipinski definition) is 3. The van der Waals surface area contributed by atoms with E-state index in [1.165, 1.54) is 24.8 Å². The average molecular weight is 602 g/mol. The Balaban J connectivity index is 2.18. The fraction of sp³-hybridized carbons (Fsp3) is 0.743. The van der Waals surface area contributed by atoms with E-state index in [9.17, 15) is 19.5 Å². The SMILES string of the molecule is CCCCCC1Cc2ccccc2N(C(=O)CC(C)(C)C[C@H](NC(=O)OC(C)(C)C)[C@@H](O)C[C@@H](C)C(=O)NCCCC)C1. The number of fused-ring (bicyclic) bond motifs is 1. The molecule has 0 spiro atoms. The zero-order valence-electron chi connectivity index (χ0n) is 28.1. The molecule has 8 heteroatoms. The van der Waals surface area contributed by atoms with Crippen LogP contribution in [-0.2, 0) is 20.7 Å². The maximum Gasteiger partial charge on any atom is 0.407 e. The lowest BCUT2D eigenvalue weighted by Gasteiger charge is -2.38. The zero-order valence-corrected chi connectivity index (χ0v) is 28.1. The molecule has 4 atom stereocenters. The fourth-order valence-corrected chi connectivity index (χ4v) is 5.90. The van der Waals surface area contributed by atoms with Gasteiger partial charge in [-0.05, 0) is 75.8 Å². The zero-order chi connectivity index (χ0) is 32.2. The van der Waals surface area contributed by atoms with E-state index in [0.29, 0.717) is 25.4 Å². The molecular weight excluding hydrogens is 542 g/mol. The summed E-state index contributed by atoms with van der Waals surface area (Å²) in [5, 5.41) is 17.1. The Morgan fingerprint density at radius 3 is 2.37 bits per heavy atom. The van der Waals surface area contributed by atoms with E-state index in [0.717, 1.165) is 31.4 Å². The first-order valence-corrected chi connectivity index (χ1v) is 16.5. The molecule has 244 valence electrons. The average Bonchev–Trinajstić information content (AvgIpc) is 2.90. The minimum absolute atomic E-state index is 0.0480. The van der Waals surface area contributed by atoms with Gasteiger partial charge in [-0.15, -0.1) is 0 Å². The van der Waals surface area contributed by atoms with Crippen molar-refractivity contribution in [3.63, 3.8) is 0 Å². The van der Waals surface area contributed by atoms with Gasteiger partial charge in [-0.2, -0.15) is 0 Å². The number of hydrogen-bond acceptors (Lipinski definition) is 5. The number of aliphatic hydroxyl groups is 1. The van der Waals surface area contributed by atoms with Gasteiger partial charge in [0.25, 0.3) is 0 Å². The number of rotatable bonds is 16. The first-order valence-electron chi connectivity index (χ1n) is 16.5. The summed E-state index contributed by atoms with van der Waals surface area (Å²) in [7, 11) is 0. The van der Waals surface area contributed by atoms with Crippen LogP contribution >= 0.6 is 0 Å². The summed E-state index contributed by atoms with van der Waals surface area (Å²) < 4.78 is 5.50. The minimum atomic E-state index is -0.993. The lowest BCUT2D eigenvalue weighted by atomic mass is 9.79. The molecule has 0 bridgehead atoms. The van der Waals surface area contributed by atoms with Crippen LogP contribution in [0.15, 0.2) is 24.3 Å². The number of unbranched alkanes of at least 4 members (excludes halogenated alkanes) is 3. The summed E-state index contributed by atoms with van der Waals surface area (Å²) in [6.45, 7) is 16.7. The van der Waals surface area contributed by atoms with E-state index < -0.39 is 35.2 Å². The van der Waals surface area contributed by atoms with Gasteiger partial charge in [0.15, 0.2) is 0 Å². The van der Waals surface area contributed by atoms with Crippen molar-refractivity contribution in [2.45, 2.75) is 137 Å². The Kier molecular flexibility index (Phi) is 14.5. The quantitative estimate of drug-likeness (QED) is 0.181. The minimum Gasteiger partial charge on any atom is -0.444 e. The van der Waals surface area contributed by atoms with Crippen LogP contribution in [0.3, 0.4) is 0 Å². The van der Waals surface area contributed by atoms with Crippen molar-refractivity contribution in [3.8, 4) is 0 Å². The van der Waals surface area contributed by atoms with E-state index in [1.807, 2.05) is 36.9 Å². The number of carbonyl (C=O) groups is 3. The maximum absolute atomic E-state index is 13.9. The summed E-state index contributed by atoms with van der Waals surface area (Å²) in [4.78, 5) is 41.3. The van der Waals surface area contributed by atoms with Gasteiger partial charge in [0.1, 0.15) is 5.60 Å². The Bertz CT molecular complexity index is 1030. The third-order valence-electron chi connectivity index (χ3n) is 8.19. The summed E-state index contributed by atoms with van der Waals surface area (Å²) in [5.41, 5.74) is 0.954. The largest absolute Gasteiger partial charge is 0.444 e. The van der Waals surface area contributed by atoms with Crippen molar-refractivity contribution in [1.29, 1.82) is 0 Å². The van der Waals surface area contributed by atoms with Crippen LogP contribution in [0.25, 0.3) is 0 Å². The van der Waals surface area contributed by atoms with Crippen LogP contribution in [0.4, 0.5) is 10.5 Å². The van der Waals surface area contributed by atoms with Crippen LogP contribution in [0, 0.1) is 17.3 Å². The lowest BCUT2D eigenvalue weighted by molar-refractivity contribution is -0.125. The second kappa shape index (κ2) is 17.0. The maximum atomic E-state index is 13.9. The molecular formula is C35H59N3O5. The Morgan fingerprint density at radius 1 is 1.05 bits per heavy atom. The van der Waals surface area contributed by atoms with Crippen molar-refractivity contribution in [2.75, 3.05) is 18.0 Å². The number of amides is 3. The van der Waals surface area contributed by atoms with E-state index >= 15 is 0 Å². The third kappa shape index (κ3) is 12.9. The van der Waals surface area contributed by atoms with Gasteiger partial charge in [0, 0.05) is 31.1 Å². The lowest BCUT2D eigenvalue weighted by Crippen LogP contribution is -2.49. The molecule has 0 saturated carbocycles.